The van der Waals surface area contributed by atoms with Crippen molar-refractivity contribution in [2.45, 2.75) is 25.4 Å². The SMILES string of the molecule is O=C(CN1CC=C(c2ccccc2)CC1)N(Cc1ccccc1)C1CCS(=O)(=O)C1. The summed E-state index contributed by atoms with van der Waals surface area (Å²) < 4.78 is 24.1. The number of hydrogen-bond donors (Lipinski definition) is 0. The number of rotatable bonds is 6. The molecule has 2 aliphatic rings. The maximum absolute atomic E-state index is 13.2. The first-order valence-electron chi connectivity index (χ1n) is 10.5. The third-order valence-corrected chi connectivity index (χ3v) is 7.71. The van der Waals surface area contributed by atoms with E-state index in [-0.39, 0.29) is 23.5 Å². The Bertz CT molecular complexity index is 1000. The van der Waals surface area contributed by atoms with E-state index < -0.39 is 9.84 Å². The van der Waals surface area contributed by atoms with Crippen LogP contribution in [0.5, 0.6) is 0 Å². The second kappa shape index (κ2) is 9.14. The van der Waals surface area contributed by atoms with E-state index in [2.05, 4.69) is 23.1 Å². The number of carbonyl (C=O) groups excluding carboxylic acids is 1. The molecule has 0 bridgehead atoms. The van der Waals surface area contributed by atoms with Crippen LogP contribution in [0.3, 0.4) is 0 Å². The molecule has 1 fully saturated rings. The van der Waals surface area contributed by atoms with Gasteiger partial charge in [0.2, 0.25) is 5.91 Å². The second-order valence-corrected chi connectivity index (χ2v) is 10.4. The quantitative estimate of drug-likeness (QED) is 0.715. The normalized spacial score (nSPS) is 21.2. The van der Waals surface area contributed by atoms with Crippen LogP contribution >= 0.6 is 0 Å². The lowest BCUT2D eigenvalue weighted by Gasteiger charge is -2.32. The van der Waals surface area contributed by atoms with E-state index in [0.29, 0.717) is 19.5 Å². The third kappa shape index (κ3) is 5.18. The van der Waals surface area contributed by atoms with Crippen LogP contribution in [0.15, 0.2) is 66.7 Å². The number of benzene rings is 2. The highest BCUT2D eigenvalue weighted by Crippen LogP contribution is 2.23. The van der Waals surface area contributed by atoms with Crippen molar-refractivity contribution in [3.63, 3.8) is 0 Å². The summed E-state index contributed by atoms with van der Waals surface area (Å²) in [4.78, 5) is 17.2. The molecular formula is C24H28N2O3S. The Morgan fingerprint density at radius 2 is 1.73 bits per heavy atom. The van der Waals surface area contributed by atoms with Gasteiger partial charge in [0.1, 0.15) is 0 Å². The maximum atomic E-state index is 13.2. The van der Waals surface area contributed by atoms with Crippen molar-refractivity contribution in [2.24, 2.45) is 0 Å². The Balaban J connectivity index is 1.43. The molecule has 5 nitrogen and oxygen atoms in total. The van der Waals surface area contributed by atoms with Crippen LogP contribution in [0.25, 0.3) is 5.57 Å². The first kappa shape index (κ1) is 20.8. The van der Waals surface area contributed by atoms with Gasteiger partial charge in [0.15, 0.2) is 9.84 Å². The second-order valence-electron chi connectivity index (χ2n) is 8.14. The number of hydrogen-bond acceptors (Lipinski definition) is 4. The molecule has 4 rings (SSSR count). The van der Waals surface area contributed by atoms with Gasteiger partial charge in [-0.3, -0.25) is 9.69 Å². The summed E-state index contributed by atoms with van der Waals surface area (Å²) in [6.45, 7) is 2.34. The van der Waals surface area contributed by atoms with Gasteiger partial charge in [-0.15, -0.1) is 0 Å². The lowest BCUT2D eigenvalue weighted by Crippen LogP contribution is -2.46. The topological polar surface area (TPSA) is 57.7 Å². The molecule has 0 spiro atoms. The molecule has 0 aliphatic carbocycles. The minimum Gasteiger partial charge on any atom is -0.333 e. The van der Waals surface area contributed by atoms with Crippen LogP contribution < -0.4 is 0 Å². The molecule has 158 valence electrons. The minimum atomic E-state index is -3.05. The predicted octanol–water partition coefficient (Wildman–Crippen LogP) is 2.99. The van der Waals surface area contributed by atoms with E-state index in [1.165, 1.54) is 11.1 Å². The molecule has 1 amide bonds. The molecule has 2 heterocycles. The van der Waals surface area contributed by atoms with Gasteiger partial charge in [-0.1, -0.05) is 66.7 Å². The van der Waals surface area contributed by atoms with E-state index in [1.54, 1.807) is 4.90 Å². The number of nitrogens with zero attached hydrogens (tertiary/aromatic N) is 2. The highest BCUT2D eigenvalue weighted by atomic mass is 32.2. The van der Waals surface area contributed by atoms with Crippen molar-refractivity contribution in [2.75, 3.05) is 31.1 Å². The van der Waals surface area contributed by atoms with Crippen LogP contribution in [-0.4, -0.2) is 61.3 Å². The van der Waals surface area contributed by atoms with E-state index in [4.69, 9.17) is 0 Å². The lowest BCUT2D eigenvalue weighted by molar-refractivity contribution is -0.134. The Kier molecular flexibility index (Phi) is 6.35. The molecular weight excluding hydrogens is 396 g/mol. The smallest absolute Gasteiger partial charge is 0.237 e. The zero-order valence-corrected chi connectivity index (χ0v) is 17.9. The molecule has 6 heteroatoms. The Morgan fingerprint density at radius 1 is 1.03 bits per heavy atom. The Hall–Kier alpha value is -2.44. The van der Waals surface area contributed by atoms with Gasteiger partial charge in [-0.2, -0.15) is 0 Å². The van der Waals surface area contributed by atoms with E-state index >= 15 is 0 Å². The first-order valence-corrected chi connectivity index (χ1v) is 12.3. The average Bonchev–Trinajstić information content (AvgIpc) is 3.13. The summed E-state index contributed by atoms with van der Waals surface area (Å²) in [5.41, 5.74) is 3.59. The van der Waals surface area contributed by atoms with E-state index in [1.807, 2.05) is 48.5 Å². The molecule has 2 aromatic carbocycles. The molecule has 1 unspecified atom stereocenters. The van der Waals surface area contributed by atoms with Crippen LogP contribution in [0.4, 0.5) is 0 Å². The molecule has 0 radical (unpaired) electrons. The number of sulfone groups is 1. The van der Waals surface area contributed by atoms with Gasteiger partial charge in [0.25, 0.3) is 0 Å². The molecule has 1 saturated heterocycles. The van der Waals surface area contributed by atoms with Gasteiger partial charge >= 0.3 is 0 Å². The summed E-state index contributed by atoms with van der Waals surface area (Å²) in [5.74, 6) is 0.254. The van der Waals surface area contributed by atoms with Gasteiger partial charge in [0.05, 0.1) is 18.1 Å². The number of amides is 1. The van der Waals surface area contributed by atoms with Crippen LogP contribution in [0.1, 0.15) is 24.0 Å². The molecule has 0 saturated carbocycles. The van der Waals surface area contributed by atoms with Crippen LogP contribution in [0.2, 0.25) is 0 Å². The number of carbonyl (C=O) groups is 1. The standard InChI is InChI=1S/C24H28N2O3S/c27-24(18-25-14-11-22(12-15-25)21-9-5-2-6-10-21)26(17-20-7-3-1-4-8-20)23-13-16-30(28,29)19-23/h1-11,23H,12-19H2. The summed E-state index contributed by atoms with van der Waals surface area (Å²) in [5, 5.41) is 0. The maximum Gasteiger partial charge on any atom is 0.237 e. The van der Waals surface area contributed by atoms with Gasteiger partial charge < -0.3 is 4.90 Å². The van der Waals surface area contributed by atoms with Crippen molar-refractivity contribution in [3.05, 3.63) is 77.9 Å². The van der Waals surface area contributed by atoms with Gasteiger partial charge in [0, 0.05) is 25.7 Å². The summed E-state index contributed by atoms with van der Waals surface area (Å²) in [7, 11) is -3.05. The van der Waals surface area contributed by atoms with Crippen molar-refractivity contribution in [1.29, 1.82) is 0 Å². The highest BCUT2D eigenvalue weighted by Gasteiger charge is 2.35. The first-order chi connectivity index (χ1) is 14.5. The van der Waals surface area contributed by atoms with Crippen molar-refractivity contribution in [1.82, 2.24) is 9.80 Å². The zero-order chi connectivity index (χ0) is 21.0. The largest absolute Gasteiger partial charge is 0.333 e. The van der Waals surface area contributed by atoms with Crippen molar-refractivity contribution in [3.8, 4) is 0 Å². The summed E-state index contributed by atoms with van der Waals surface area (Å²) >= 11 is 0. The van der Waals surface area contributed by atoms with Crippen LogP contribution in [-0.2, 0) is 21.2 Å². The minimum absolute atomic E-state index is 0.0116. The molecule has 30 heavy (non-hydrogen) atoms. The van der Waals surface area contributed by atoms with E-state index in [9.17, 15) is 13.2 Å². The predicted molar refractivity (Wildman–Crippen MR) is 120 cm³/mol. The fourth-order valence-corrected chi connectivity index (χ4v) is 6.00. The fraction of sp³-hybridized carbons (Fsp3) is 0.375. The monoisotopic (exact) mass is 424 g/mol. The summed E-state index contributed by atoms with van der Waals surface area (Å²) in [6, 6.07) is 19.9. The molecule has 1 atom stereocenters. The van der Waals surface area contributed by atoms with Gasteiger partial charge in [-0.25, -0.2) is 8.42 Å². The molecule has 2 aromatic rings. The lowest BCUT2D eigenvalue weighted by atomic mass is 9.99. The average molecular weight is 425 g/mol. The summed E-state index contributed by atoms with van der Waals surface area (Å²) in [6.07, 6.45) is 3.64. The van der Waals surface area contributed by atoms with E-state index in [0.717, 1.165) is 25.1 Å². The molecule has 2 aliphatic heterocycles. The highest BCUT2D eigenvalue weighted by molar-refractivity contribution is 7.91. The fourth-order valence-electron chi connectivity index (χ4n) is 4.27. The van der Waals surface area contributed by atoms with Gasteiger partial charge in [-0.05, 0) is 29.5 Å². The van der Waals surface area contributed by atoms with Crippen molar-refractivity contribution >= 4 is 21.3 Å². The molecule has 0 aromatic heterocycles. The third-order valence-electron chi connectivity index (χ3n) is 5.96. The van der Waals surface area contributed by atoms with Crippen molar-refractivity contribution < 1.29 is 13.2 Å². The van der Waals surface area contributed by atoms with Crippen LogP contribution in [0, 0.1) is 0 Å². The Labute approximate surface area is 178 Å². The Morgan fingerprint density at radius 3 is 2.33 bits per heavy atom. The zero-order valence-electron chi connectivity index (χ0n) is 17.1. The molecule has 0 N–H and O–H groups in total.